The van der Waals surface area contributed by atoms with Gasteiger partial charge in [0.2, 0.25) is 0 Å². The Morgan fingerprint density at radius 2 is 1.79 bits per heavy atom. The van der Waals surface area contributed by atoms with Gasteiger partial charge in [-0.15, -0.1) is 0 Å². The number of aromatic nitrogens is 4. The number of anilines is 1. The number of hydrogen-bond donors (Lipinski definition) is 2. The zero-order valence-electron chi connectivity index (χ0n) is 18.9. The topological polar surface area (TPSA) is 75.9 Å². The summed E-state index contributed by atoms with van der Waals surface area (Å²) >= 11 is 0. The molecule has 0 spiro atoms. The van der Waals surface area contributed by atoms with Gasteiger partial charge in [-0.1, -0.05) is 41.0 Å². The minimum atomic E-state index is 0.0819. The molecule has 0 aromatic carbocycles. The summed E-state index contributed by atoms with van der Waals surface area (Å²) < 4.78 is 1.97. The summed E-state index contributed by atoms with van der Waals surface area (Å²) in [6.45, 7) is 13.2. The molecule has 6 nitrogen and oxygen atoms in total. The second-order valence-corrected chi connectivity index (χ2v) is 7.52. The van der Waals surface area contributed by atoms with Gasteiger partial charge in [0.05, 0.1) is 18.0 Å². The Morgan fingerprint density at radius 3 is 2.34 bits per heavy atom. The number of fused-ring (bicyclic) bond motifs is 1. The molecule has 0 unspecified atom stereocenters. The minimum absolute atomic E-state index is 0.0819. The smallest absolute Gasteiger partial charge is 0.159 e. The van der Waals surface area contributed by atoms with E-state index in [2.05, 4.69) is 52.1 Å². The van der Waals surface area contributed by atoms with Gasteiger partial charge in [0.15, 0.2) is 5.65 Å². The van der Waals surface area contributed by atoms with Crippen molar-refractivity contribution in [3.63, 3.8) is 0 Å². The molecule has 0 bridgehead atoms. The molecule has 158 valence electrons. The predicted molar refractivity (Wildman–Crippen MR) is 122 cm³/mol. The second-order valence-electron chi connectivity index (χ2n) is 7.52. The van der Waals surface area contributed by atoms with Crippen molar-refractivity contribution in [3.8, 4) is 11.3 Å². The zero-order chi connectivity index (χ0) is 21.6. The van der Waals surface area contributed by atoms with Gasteiger partial charge in [-0.25, -0.2) is 15.0 Å². The molecule has 2 N–H and O–H groups in total. The standard InChI is InChI=1S/C20H27N5O.C3H8/c1-6-15-18(14-7-8-16(12(2)3)22-19(14)21-5)24-17-13(4)11-25(9-10-26)20(17)23-15;1-3-2/h7-8,11-12,26H,6,9-10H2,1-5H3,(H,21,22);3H2,1-2H3. The Hall–Kier alpha value is -2.47. The van der Waals surface area contributed by atoms with Gasteiger partial charge < -0.3 is 15.0 Å². The number of pyridine rings is 1. The number of nitrogens with one attached hydrogen (secondary N) is 1. The molecular weight excluding hydrogens is 362 g/mol. The van der Waals surface area contributed by atoms with E-state index in [0.717, 1.165) is 51.6 Å². The number of aryl methyl sites for hydroxylation is 2. The predicted octanol–water partition coefficient (Wildman–Crippen LogP) is 4.94. The van der Waals surface area contributed by atoms with Crippen LogP contribution in [0.2, 0.25) is 0 Å². The normalized spacial score (nSPS) is 10.9. The van der Waals surface area contributed by atoms with E-state index in [-0.39, 0.29) is 6.61 Å². The van der Waals surface area contributed by atoms with Crippen molar-refractivity contribution in [1.82, 2.24) is 19.5 Å². The highest BCUT2D eigenvalue weighted by molar-refractivity contribution is 5.82. The second kappa shape index (κ2) is 10.3. The summed E-state index contributed by atoms with van der Waals surface area (Å²) in [5.41, 5.74) is 6.59. The average Bonchev–Trinajstić information content (AvgIpc) is 3.02. The molecule has 0 radical (unpaired) electrons. The van der Waals surface area contributed by atoms with Crippen LogP contribution >= 0.6 is 0 Å². The van der Waals surface area contributed by atoms with Crippen molar-refractivity contribution in [2.45, 2.75) is 66.8 Å². The Kier molecular flexibility index (Phi) is 8.14. The molecule has 0 atom stereocenters. The van der Waals surface area contributed by atoms with Crippen LogP contribution in [0.1, 0.15) is 63.9 Å². The fourth-order valence-corrected chi connectivity index (χ4v) is 3.20. The van der Waals surface area contributed by atoms with Crippen molar-refractivity contribution in [2.24, 2.45) is 0 Å². The number of nitrogens with zero attached hydrogens (tertiary/aromatic N) is 4. The van der Waals surface area contributed by atoms with Crippen LogP contribution in [-0.4, -0.2) is 38.3 Å². The number of hydrogen-bond acceptors (Lipinski definition) is 5. The van der Waals surface area contributed by atoms with Gasteiger partial charge in [-0.05, 0) is 37.0 Å². The monoisotopic (exact) mass is 397 g/mol. The lowest BCUT2D eigenvalue weighted by Gasteiger charge is -2.14. The van der Waals surface area contributed by atoms with Crippen molar-refractivity contribution in [2.75, 3.05) is 19.0 Å². The summed E-state index contributed by atoms with van der Waals surface area (Å²) in [6, 6.07) is 4.15. The fraction of sp³-hybridized carbons (Fsp3) is 0.522. The van der Waals surface area contributed by atoms with Crippen LogP contribution in [-0.2, 0) is 13.0 Å². The van der Waals surface area contributed by atoms with Crippen LogP contribution in [0.3, 0.4) is 0 Å². The number of aliphatic hydroxyl groups is 1. The van der Waals surface area contributed by atoms with E-state index in [9.17, 15) is 5.11 Å². The quantitative estimate of drug-likeness (QED) is 0.616. The molecule has 29 heavy (non-hydrogen) atoms. The minimum Gasteiger partial charge on any atom is -0.395 e. The maximum Gasteiger partial charge on any atom is 0.159 e. The summed E-state index contributed by atoms with van der Waals surface area (Å²) in [5.74, 6) is 1.19. The Labute approximate surface area is 174 Å². The van der Waals surface area contributed by atoms with Gasteiger partial charge in [0.25, 0.3) is 0 Å². The molecule has 3 aromatic rings. The molecule has 0 saturated heterocycles. The Balaban J connectivity index is 0.000000941. The van der Waals surface area contributed by atoms with Crippen LogP contribution < -0.4 is 5.32 Å². The first-order chi connectivity index (χ1) is 13.9. The lowest BCUT2D eigenvalue weighted by atomic mass is 10.0. The van der Waals surface area contributed by atoms with Crippen LogP contribution in [0.4, 0.5) is 5.82 Å². The lowest BCUT2D eigenvalue weighted by molar-refractivity contribution is 0.278. The fourth-order valence-electron chi connectivity index (χ4n) is 3.20. The molecular formula is C23H35N5O. The van der Waals surface area contributed by atoms with Gasteiger partial charge in [0.1, 0.15) is 11.3 Å². The molecule has 0 saturated carbocycles. The molecule has 0 aliphatic heterocycles. The number of aliphatic hydroxyl groups excluding tert-OH is 1. The molecule has 3 heterocycles. The van der Waals surface area contributed by atoms with Crippen molar-refractivity contribution in [1.29, 1.82) is 0 Å². The van der Waals surface area contributed by atoms with Crippen LogP contribution in [0, 0.1) is 6.92 Å². The SMILES string of the molecule is CCC.CCc1nc2c(nc1-c1ccc(C(C)C)nc1NC)c(C)cn2CCO. The summed E-state index contributed by atoms with van der Waals surface area (Å²) in [4.78, 5) is 14.6. The molecule has 0 aliphatic rings. The van der Waals surface area contributed by atoms with E-state index in [1.807, 2.05) is 24.7 Å². The summed E-state index contributed by atoms with van der Waals surface area (Å²) in [5, 5.41) is 12.5. The van der Waals surface area contributed by atoms with Crippen LogP contribution in [0.25, 0.3) is 22.4 Å². The van der Waals surface area contributed by atoms with Gasteiger partial charge in [-0.2, -0.15) is 0 Å². The van der Waals surface area contributed by atoms with Crippen LogP contribution in [0.15, 0.2) is 18.3 Å². The van der Waals surface area contributed by atoms with E-state index >= 15 is 0 Å². The van der Waals surface area contributed by atoms with Crippen molar-refractivity contribution in [3.05, 3.63) is 35.3 Å². The van der Waals surface area contributed by atoms with Gasteiger partial charge >= 0.3 is 0 Å². The third kappa shape index (κ3) is 4.93. The summed E-state index contributed by atoms with van der Waals surface area (Å²) in [6.07, 6.45) is 4.03. The van der Waals surface area contributed by atoms with E-state index in [1.165, 1.54) is 6.42 Å². The van der Waals surface area contributed by atoms with E-state index in [4.69, 9.17) is 15.0 Å². The zero-order valence-corrected chi connectivity index (χ0v) is 18.9. The largest absolute Gasteiger partial charge is 0.395 e. The van der Waals surface area contributed by atoms with E-state index in [1.54, 1.807) is 0 Å². The third-order valence-electron chi connectivity index (χ3n) is 4.62. The molecule has 0 aliphatic carbocycles. The molecule has 0 amide bonds. The highest BCUT2D eigenvalue weighted by Crippen LogP contribution is 2.31. The number of rotatable bonds is 6. The lowest BCUT2D eigenvalue weighted by Crippen LogP contribution is -2.06. The summed E-state index contributed by atoms with van der Waals surface area (Å²) in [7, 11) is 1.89. The maximum atomic E-state index is 9.30. The molecule has 0 fully saturated rings. The Bertz CT molecular complexity index is 946. The first kappa shape index (κ1) is 22.8. The maximum absolute atomic E-state index is 9.30. The van der Waals surface area contributed by atoms with Crippen LogP contribution in [0.5, 0.6) is 0 Å². The first-order valence-electron chi connectivity index (χ1n) is 10.6. The first-order valence-corrected chi connectivity index (χ1v) is 10.6. The highest BCUT2D eigenvalue weighted by atomic mass is 16.3. The average molecular weight is 398 g/mol. The Morgan fingerprint density at radius 1 is 1.10 bits per heavy atom. The highest BCUT2D eigenvalue weighted by Gasteiger charge is 2.18. The molecule has 3 aromatic heterocycles. The van der Waals surface area contributed by atoms with Gasteiger partial charge in [-0.3, -0.25) is 0 Å². The molecule has 3 rings (SSSR count). The van der Waals surface area contributed by atoms with Gasteiger partial charge in [0, 0.05) is 31.0 Å². The van der Waals surface area contributed by atoms with E-state index < -0.39 is 0 Å². The van der Waals surface area contributed by atoms with Crippen molar-refractivity contribution < 1.29 is 5.11 Å². The van der Waals surface area contributed by atoms with Crippen molar-refractivity contribution >= 4 is 17.0 Å². The third-order valence-corrected chi connectivity index (χ3v) is 4.62. The molecule has 6 heteroatoms. The van der Waals surface area contributed by atoms with E-state index in [0.29, 0.717) is 12.5 Å².